The van der Waals surface area contributed by atoms with Gasteiger partial charge in [-0.3, -0.25) is 10.2 Å². The van der Waals surface area contributed by atoms with Crippen molar-refractivity contribution in [2.75, 3.05) is 0 Å². The van der Waals surface area contributed by atoms with E-state index in [-0.39, 0.29) is 0 Å². The Kier molecular flexibility index (Phi) is 4.84. The van der Waals surface area contributed by atoms with Crippen molar-refractivity contribution < 1.29 is 9.63 Å². The summed E-state index contributed by atoms with van der Waals surface area (Å²) in [5.41, 5.74) is 2.30. The van der Waals surface area contributed by atoms with Crippen molar-refractivity contribution in [3.8, 4) is 0 Å². The zero-order valence-electron chi connectivity index (χ0n) is 12.9. The van der Waals surface area contributed by atoms with Crippen LogP contribution >= 0.6 is 0 Å². The first-order valence-corrected chi connectivity index (χ1v) is 7.70. The van der Waals surface area contributed by atoms with Gasteiger partial charge in [0, 0.05) is 5.70 Å². The van der Waals surface area contributed by atoms with Gasteiger partial charge < -0.3 is 0 Å². The molecule has 1 unspecified atom stereocenters. The summed E-state index contributed by atoms with van der Waals surface area (Å²) in [5.74, 6) is 0.355. The highest BCUT2D eigenvalue weighted by atomic mass is 16.7. The maximum absolute atomic E-state index is 11.8. The van der Waals surface area contributed by atoms with Crippen LogP contribution in [0.4, 0.5) is 4.79 Å². The molecule has 0 aromatic rings. The molecule has 1 saturated carbocycles. The van der Waals surface area contributed by atoms with E-state index in [0.29, 0.717) is 11.3 Å². The number of nitrogens with zero attached hydrogens (tertiary/aromatic N) is 1. The first kappa shape index (κ1) is 15.1. The van der Waals surface area contributed by atoms with Gasteiger partial charge in [0.05, 0.1) is 5.71 Å². The van der Waals surface area contributed by atoms with Crippen LogP contribution in [-0.4, -0.2) is 11.8 Å². The van der Waals surface area contributed by atoms with Crippen molar-refractivity contribution in [2.24, 2.45) is 16.5 Å². The fourth-order valence-electron chi connectivity index (χ4n) is 3.08. The molecule has 1 atom stereocenters. The fourth-order valence-corrected chi connectivity index (χ4v) is 3.08. The van der Waals surface area contributed by atoms with Crippen LogP contribution < -0.4 is 5.32 Å². The number of allylic oxidation sites excluding steroid dienone is 2. The van der Waals surface area contributed by atoms with Gasteiger partial charge in [0.15, 0.2) is 0 Å². The van der Waals surface area contributed by atoms with E-state index in [9.17, 15) is 4.79 Å². The van der Waals surface area contributed by atoms with Crippen LogP contribution in [0.2, 0.25) is 0 Å². The lowest BCUT2D eigenvalue weighted by atomic mass is 9.75. The summed E-state index contributed by atoms with van der Waals surface area (Å²) in [6.45, 7) is 6.65. The molecular formula is C16H26N2O2. The lowest BCUT2D eigenvalue weighted by Crippen LogP contribution is -2.31. The smallest absolute Gasteiger partial charge is 0.298 e. The number of nitrogens with one attached hydrogen (secondary N) is 1. The second-order valence-corrected chi connectivity index (χ2v) is 6.85. The van der Waals surface area contributed by atoms with Crippen LogP contribution in [-0.2, 0) is 4.84 Å². The molecule has 0 radical (unpaired) electrons. The zero-order valence-corrected chi connectivity index (χ0v) is 12.9. The third-order valence-corrected chi connectivity index (χ3v) is 4.20. The highest BCUT2D eigenvalue weighted by Gasteiger charge is 2.27. The molecule has 0 aromatic heterocycles. The Morgan fingerprint density at radius 2 is 2.05 bits per heavy atom. The van der Waals surface area contributed by atoms with Crippen molar-refractivity contribution >= 4 is 11.8 Å². The lowest BCUT2D eigenvalue weighted by molar-refractivity contribution is 0.150. The molecule has 20 heavy (non-hydrogen) atoms. The Hall–Kier alpha value is -1.32. The van der Waals surface area contributed by atoms with Gasteiger partial charge in [-0.1, -0.05) is 38.4 Å². The molecule has 0 aromatic carbocycles. The quantitative estimate of drug-likeness (QED) is 0.602. The normalized spacial score (nSPS) is 25.6. The van der Waals surface area contributed by atoms with E-state index >= 15 is 0 Å². The van der Waals surface area contributed by atoms with Gasteiger partial charge in [-0.15, -0.1) is 0 Å². The van der Waals surface area contributed by atoms with Crippen molar-refractivity contribution in [3.63, 3.8) is 0 Å². The highest BCUT2D eigenvalue weighted by molar-refractivity contribution is 5.85. The monoisotopic (exact) mass is 278 g/mol. The van der Waals surface area contributed by atoms with E-state index in [2.05, 4.69) is 37.3 Å². The molecule has 2 rings (SSSR count). The van der Waals surface area contributed by atoms with Crippen molar-refractivity contribution in [1.82, 2.24) is 5.32 Å². The van der Waals surface area contributed by atoms with E-state index in [1.165, 1.54) is 6.42 Å². The number of oxime groups is 1. The minimum atomic E-state index is -0.458. The predicted molar refractivity (Wildman–Crippen MR) is 80.4 cm³/mol. The Morgan fingerprint density at radius 1 is 1.35 bits per heavy atom. The van der Waals surface area contributed by atoms with Crippen LogP contribution in [0.5, 0.6) is 0 Å². The number of carbonyl (C=O) groups excluding carboxylic acids is 1. The van der Waals surface area contributed by atoms with Crippen molar-refractivity contribution in [3.05, 3.63) is 11.8 Å². The summed E-state index contributed by atoms with van der Waals surface area (Å²) < 4.78 is 0. The number of hydrogen-bond acceptors (Lipinski definition) is 3. The molecule has 4 nitrogen and oxygen atoms in total. The summed E-state index contributed by atoms with van der Waals surface area (Å²) in [6, 6.07) is 0. The molecule has 0 saturated heterocycles. The molecular weight excluding hydrogens is 252 g/mol. The predicted octanol–water partition coefficient (Wildman–Crippen LogP) is 4.37. The van der Waals surface area contributed by atoms with Crippen molar-refractivity contribution in [1.29, 1.82) is 0 Å². The molecule has 1 fully saturated rings. The van der Waals surface area contributed by atoms with Gasteiger partial charge in [0.2, 0.25) is 0 Å². The summed E-state index contributed by atoms with van der Waals surface area (Å²) >= 11 is 0. The molecule has 2 aliphatic carbocycles. The topological polar surface area (TPSA) is 50.7 Å². The van der Waals surface area contributed by atoms with Crippen LogP contribution in [0.1, 0.15) is 65.7 Å². The van der Waals surface area contributed by atoms with Crippen LogP contribution in [0, 0.1) is 11.3 Å². The van der Waals surface area contributed by atoms with Gasteiger partial charge in [0.1, 0.15) is 0 Å². The third-order valence-electron chi connectivity index (χ3n) is 4.20. The number of rotatable bonds is 2. The third kappa shape index (κ3) is 4.36. The summed E-state index contributed by atoms with van der Waals surface area (Å²) in [6.07, 6.45) is 9.20. The molecule has 0 spiro atoms. The van der Waals surface area contributed by atoms with E-state index in [1.807, 2.05) is 0 Å². The summed E-state index contributed by atoms with van der Waals surface area (Å²) in [5, 5.41) is 6.82. The molecule has 4 heteroatoms. The largest absolute Gasteiger partial charge is 0.437 e. The molecule has 0 bridgehead atoms. The second kappa shape index (κ2) is 6.42. The van der Waals surface area contributed by atoms with Crippen molar-refractivity contribution in [2.45, 2.75) is 65.7 Å². The Bertz CT molecular complexity index is 416. The molecule has 0 heterocycles. The van der Waals surface area contributed by atoms with Gasteiger partial charge >= 0.3 is 6.09 Å². The minimum Gasteiger partial charge on any atom is -0.298 e. The Labute approximate surface area is 121 Å². The van der Waals surface area contributed by atoms with E-state index in [4.69, 9.17) is 4.84 Å². The van der Waals surface area contributed by atoms with Gasteiger partial charge in [-0.05, 0) is 49.9 Å². The van der Waals surface area contributed by atoms with Gasteiger partial charge in [-0.2, -0.15) is 0 Å². The average molecular weight is 278 g/mol. The lowest BCUT2D eigenvalue weighted by Gasteiger charge is -2.33. The number of amides is 1. The Morgan fingerprint density at radius 3 is 2.70 bits per heavy atom. The average Bonchev–Trinajstić information content (AvgIpc) is 2.40. The van der Waals surface area contributed by atoms with E-state index < -0.39 is 6.09 Å². The molecule has 112 valence electrons. The standard InChI is InChI=1S/C16H26N2O2/c1-12-11-16(2,3)10-9-14(12)17-15(19)20-18-13-7-5-4-6-8-13/h9,12H,4-8,10-11H2,1-3H3,(H,17,19). The highest BCUT2D eigenvalue weighted by Crippen LogP contribution is 2.36. The number of carbonyl (C=O) groups is 1. The van der Waals surface area contributed by atoms with Crippen LogP contribution in [0.25, 0.3) is 0 Å². The SMILES string of the molecule is CC1CC(C)(C)CC=C1NC(=O)ON=C1CCCCC1. The van der Waals surface area contributed by atoms with Gasteiger partial charge in [-0.25, -0.2) is 4.79 Å². The van der Waals surface area contributed by atoms with Gasteiger partial charge in [0.25, 0.3) is 0 Å². The zero-order chi connectivity index (χ0) is 14.6. The molecule has 0 aliphatic heterocycles. The Balaban J connectivity index is 1.84. The van der Waals surface area contributed by atoms with Crippen LogP contribution in [0.15, 0.2) is 16.9 Å². The summed E-state index contributed by atoms with van der Waals surface area (Å²) in [7, 11) is 0. The second-order valence-electron chi connectivity index (χ2n) is 6.85. The first-order chi connectivity index (χ1) is 9.46. The van der Waals surface area contributed by atoms with E-state index in [0.717, 1.165) is 49.9 Å². The number of hydrogen-bond donors (Lipinski definition) is 1. The maximum atomic E-state index is 11.8. The molecule has 1 amide bonds. The maximum Gasteiger partial charge on any atom is 0.437 e. The van der Waals surface area contributed by atoms with Crippen LogP contribution in [0.3, 0.4) is 0 Å². The van der Waals surface area contributed by atoms with E-state index in [1.54, 1.807) is 0 Å². The molecule has 2 aliphatic rings. The first-order valence-electron chi connectivity index (χ1n) is 7.70. The minimum absolute atomic E-state index is 0.316. The summed E-state index contributed by atoms with van der Waals surface area (Å²) in [4.78, 5) is 16.8. The molecule has 1 N–H and O–H groups in total. The fraction of sp³-hybridized carbons (Fsp3) is 0.750.